The molecule has 2 aromatic heterocycles. The van der Waals surface area contributed by atoms with Gasteiger partial charge in [0.15, 0.2) is 0 Å². The summed E-state index contributed by atoms with van der Waals surface area (Å²) in [4.78, 5) is 8.56. The lowest BCUT2D eigenvalue weighted by molar-refractivity contribution is 0.568. The highest BCUT2D eigenvalue weighted by molar-refractivity contribution is 7.09. The zero-order valence-electron chi connectivity index (χ0n) is 10.2. The molecule has 0 aliphatic heterocycles. The van der Waals surface area contributed by atoms with Crippen molar-refractivity contribution in [2.45, 2.75) is 32.9 Å². The van der Waals surface area contributed by atoms with Crippen molar-refractivity contribution in [3.05, 3.63) is 46.2 Å². The molecule has 0 saturated heterocycles. The van der Waals surface area contributed by atoms with Crippen LogP contribution in [0.3, 0.4) is 0 Å². The number of hydrogen-bond donors (Lipinski definition) is 1. The van der Waals surface area contributed by atoms with Crippen LogP contribution in [0.5, 0.6) is 0 Å². The van der Waals surface area contributed by atoms with E-state index in [0.29, 0.717) is 6.04 Å². The van der Waals surface area contributed by atoms with Gasteiger partial charge in [-0.15, -0.1) is 11.3 Å². The van der Waals surface area contributed by atoms with E-state index in [4.69, 9.17) is 0 Å². The van der Waals surface area contributed by atoms with Crippen LogP contribution in [0.25, 0.3) is 0 Å². The van der Waals surface area contributed by atoms with Crippen LogP contribution in [-0.4, -0.2) is 9.97 Å². The van der Waals surface area contributed by atoms with Crippen LogP contribution in [0.4, 0.5) is 0 Å². The van der Waals surface area contributed by atoms with E-state index < -0.39 is 0 Å². The largest absolute Gasteiger partial charge is 0.305 e. The van der Waals surface area contributed by atoms with E-state index in [9.17, 15) is 0 Å². The average molecular weight is 247 g/mol. The van der Waals surface area contributed by atoms with Crippen molar-refractivity contribution in [1.29, 1.82) is 0 Å². The zero-order chi connectivity index (χ0) is 12.1. The Labute approximate surface area is 106 Å². The first-order valence-corrected chi connectivity index (χ1v) is 6.74. The summed E-state index contributed by atoms with van der Waals surface area (Å²) in [5.41, 5.74) is 2.39. The van der Waals surface area contributed by atoms with Gasteiger partial charge in [0, 0.05) is 30.4 Å². The van der Waals surface area contributed by atoms with Gasteiger partial charge in [0.2, 0.25) is 0 Å². The topological polar surface area (TPSA) is 37.8 Å². The lowest BCUT2D eigenvalue weighted by Gasteiger charge is -2.12. The summed E-state index contributed by atoms with van der Waals surface area (Å²) in [6, 6.07) is 4.40. The molecule has 0 radical (unpaired) electrons. The first-order chi connectivity index (χ1) is 8.29. The molecule has 0 aliphatic carbocycles. The molecule has 0 amide bonds. The number of rotatable bonds is 5. The average Bonchev–Trinajstić information content (AvgIpc) is 2.85. The molecule has 1 N–H and O–H groups in total. The van der Waals surface area contributed by atoms with Gasteiger partial charge >= 0.3 is 0 Å². The fourth-order valence-electron chi connectivity index (χ4n) is 1.62. The Kier molecular flexibility index (Phi) is 4.23. The van der Waals surface area contributed by atoms with Crippen molar-refractivity contribution in [3.63, 3.8) is 0 Å². The summed E-state index contributed by atoms with van der Waals surface area (Å²) in [5, 5.41) is 6.81. The second-order valence-electron chi connectivity index (χ2n) is 3.97. The van der Waals surface area contributed by atoms with Crippen LogP contribution < -0.4 is 5.32 Å². The summed E-state index contributed by atoms with van der Waals surface area (Å²) in [6.07, 6.45) is 4.67. The van der Waals surface area contributed by atoms with Crippen molar-refractivity contribution < 1.29 is 0 Å². The van der Waals surface area contributed by atoms with Crippen molar-refractivity contribution in [3.8, 4) is 0 Å². The minimum Gasteiger partial charge on any atom is -0.305 e. The first kappa shape index (κ1) is 12.2. The van der Waals surface area contributed by atoms with Crippen molar-refractivity contribution in [1.82, 2.24) is 15.3 Å². The zero-order valence-corrected chi connectivity index (χ0v) is 11.0. The quantitative estimate of drug-likeness (QED) is 0.882. The lowest BCUT2D eigenvalue weighted by Crippen LogP contribution is -2.18. The third-order valence-electron chi connectivity index (χ3n) is 2.70. The maximum absolute atomic E-state index is 4.54. The molecule has 2 heterocycles. The molecule has 0 bridgehead atoms. The highest BCUT2D eigenvalue weighted by atomic mass is 32.1. The van der Waals surface area contributed by atoms with E-state index >= 15 is 0 Å². The highest BCUT2D eigenvalue weighted by Gasteiger charge is 2.05. The van der Waals surface area contributed by atoms with Gasteiger partial charge < -0.3 is 5.32 Å². The molecule has 2 aromatic rings. The minimum absolute atomic E-state index is 0.324. The van der Waals surface area contributed by atoms with E-state index in [1.54, 1.807) is 11.3 Å². The maximum atomic E-state index is 4.54. The number of aryl methyl sites for hydroxylation is 1. The standard InChI is InChI=1S/C13H17N3S/c1-3-13-16-12(9-17-13)8-15-10(2)11-4-6-14-7-5-11/h4-7,9-10,15H,3,8H2,1-2H3/t10-/m1/s1. The second-order valence-corrected chi connectivity index (χ2v) is 4.91. The van der Waals surface area contributed by atoms with Gasteiger partial charge in [-0.1, -0.05) is 6.92 Å². The number of nitrogens with one attached hydrogen (secondary N) is 1. The van der Waals surface area contributed by atoms with Gasteiger partial charge in [0.1, 0.15) is 0 Å². The normalized spacial score (nSPS) is 12.6. The van der Waals surface area contributed by atoms with Gasteiger partial charge in [-0.3, -0.25) is 4.98 Å². The second kappa shape index (κ2) is 5.89. The van der Waals surface area contributed by atoms with E-state index in [1.807, 2.05) is 24.5 Å². The van der Waals surface area contributed by atoms with Gasteiger partial charge in [-0.25, -0.2) is 4.98 Å². The minimum atomic E-state index is 0.324. The predicted octanol–water partition coefficient (Wildman–Crippen LogP) is 2.95. The summed E-state index contributed by atoms with van der Waals surface area (Å²) in [6.45, 7) is 5.11. The van der Waals surface area contributed by atoms with Gasteiger partial charge in [-0.05, 0) is 31.0 Å². The SMILES string of the molecule is CCc1nc(CN[C@H](C)c2ccncc2)cs1. The van der Waals surface area contributed by atoms with E-state index in [-0.39, 0.29) is 0 Å². The highest BCUT2D eigenvalue weighted by Crippen LogP contribution is 2.13. The smallest absolute Gasteiger partial charge is 0.0926 e. The fourth-order valence-corrected chi connectivity index (χ4v) is 2.36. The molecule has 0 aliphatic rings. The van der Waals surface area contributed by atoms with Crippen molar-refractivity contribution >= 4 is 11.3 Å². The van der Waals surface area contributed by atoms with E-state index in [2.05, 4.69) is 34.5 Å². The Balaban J connectivity index is 1.90. The molecule has 0 spiro atoms. The molecule has 90 valence electrons. The number of hydrogen-bond acceptors (Lipinski definition) is 4. The molecule has 0 saturated carbocycles. The fraction of sp³-hybridized carbons (Fsp3) is 0.385. The molecule has 17 heavy (non-hydrogen) atoms. The monoisotopic (exact) mass is 247 g/mol. The number of aromatic nitrogens is 2. The Hall–Kier alpha value is -1.26. The summed E-state index contributed by atoms with van der Waals surface area (Å²) in [5.74, 6) is 0. The van der Waals surface area contributed by atoms with Crippen LogP contribution in [0.2, 0.25) is 0 Å². The Morgan fingerprint density at radius 1 is 1.35 bits per heavy atom. The maximum Gasteiger partial charge on any atom is 0.0926 e. The third-order valence-corrected chi connectivity index (χ3v) is 3.74. The molecule has 0 aromatic carbocycles. The van der Waals surface area contributed by atoms with Gasteiger partial charge in [-0.2, -0.15) is 0 Å². The number of pyridine rings is 1. The number of thiazole rings is 1. The van der Waals surface area contributed by atoms with Crippen molar-refractivity contribution in [2.24, 2.45) is 0 Å². The number of nitrogens with zero attached hydrogens (tertiary/aromatic N) is 2. The summed E-state index contributed by atoms with van der Waals surface area (Å²) in [7, 11) is 0. The van der Waals surface area contributed by atoms with Gasteiger partial charge in [0.05, 0.1) is 10.7 Å². The van der Waals surface area contributed by atoms with E-state index in [1.165, 1.54) is 10.6 Å². The molecule has 2 rings (SSSR count). The molecular weight excluding hydrogens is 230 g/mol. The Bertz CT molecular complexity index is 453. The third kappa shape index (κ3) is 3.35. The lowest BCUT2D eigenvalue weighted by atomic mass is 10.1. The van der Waals surface area contributed by atoms with Crippen molar-refractivity contribution in [2.75, 3.05) is 0 Å². The molecule has 3 nitrogen and oxygen atoms in total. The van der Waals surface area contributed by atoms with Crippen LogP contribution in [0.1, 0.15) is 36.2 Å². The van der Waals surface area contributed by atoms with Crippen LogP contribution in [-0.2, 0) is 13.0 Å². The Morgan fingerprint density at radius 3 is 2.76 bits per heavy atom. The molecular formula is C13H17N3S. The molecule has 4 heteroatoms. The first-order valence-electron chi connectivity index (χ1n) is 5.86. The van der Waals surface area contributed by atoms with Crippen LogP contribution in [0.15, 0.2) is 29.9 Å². The Morgan fingerprint density at radius 2 is 2.12 bits per heavy atom. The van der Waals surface area contributed by atoms with Gasteiger partial charge in [0.25, 0.3) is 0 Å². The molecule has 0 unspecified atom stereocenters. The van der Waals surface area contributed by atoms with Crippen LogP contribution in [0, 0.1) is 0 Å². The predicted molar refractivity (Wildman–Crippen MR) is 71.0 cm³/mol. The van der Waals surface area contributed by atoms with Crippen LogP contribution >= 0.6 is 11.3 Å². The summed E-state index contributed by atoms with van der Waals surface area (Å²) >= 11 is 1.74. The molecule has 1 atom stereocenters. The molecule has 0 fully saturated rings. The van der Waals surface area contributed by atoms with E-state index in [0.717, 1.165) is 18.7 Å². The summed E-state index contributed by atoms with van der Waals surface area (Å²) < 4.78 is 0.